The normalized spacial score (nSPS) is 36.3. The lowest BCUT2D eigenvalue weighted by Gasteiger charge is -2.51. The van der Waals surface area contributed by atoms with Crippen molar-refractivity contribution in [1.29, 1.82) is 0 Å². The first-order valence-corrected chi connectivity index (χ1v) is 7.64. The van der Waals surface area contributed by atoms with Crippen molar-refractivity contribution >= 4 is 0 Å². The first kappa shape index (κ1) is 14.3. The van der Waals surface area contributed by atoms with Crippen LogP contribution in [0, 0.1) is 5.92 Å². The van der Waals surface area contributed by atoms with Crippen molar-refractivity contribution in [2.45, 2.75) is 64.7 Å². The Balaban J connectivity index is 1.83. The molecule has 2 aliphatic rings. The summed E-state index contributed by atoms with van der Waals surface area (Å²) < 4.78 is 6.00. The molecule has 2 fully saturated rings. The number of morpholine rings is 1. The summed E-state index contributed by atoms with van der Waals surface area (Å²) in [5.74, 6) is 0.859. The molecule has 3 nitrogen and oxygen atoms in total. The molecule has 106 valence electrons. The zero-order chi connectivity index (χ0) is 13.2. The lowest BCUT2D eigenvalue weighted by Crippen LogP contribution is -2.60. The molecule has 1 saturated heterocycles. The minimum absolute atomic E-state index is 0.0225. The van der Waals surface area contributed by atoms with Crippen LogP contribution in [-0.4, -0.2) is 48.8 Å². The second kappa shape index (κ2) is 5.89. The predicted molar refractivity (Wildman–Crippen MR) is 75.9 cm³/mol. The fourth-order valence-corrected chi connectivity index (χ4v) is 3.49. The molecule has 0 radical (unpaired) electrons. The molecule has 1 heterocycles. The lowest BCUT2D eigenvalue weighted by atomic mass is 9.77. The third-order valence-electron chi connectivity index (χ3n) is 4.28. The quantitative estimate of drug-likeness (QED) is 0.762. The van der Waals surface area contributed by atoms with Gasteiger partial charge in [0.2, 0.25) is 0 Å². The summed E-state index contributed by atoms with van der Waals surface area (Å²) in [7, 11) is 0. The fraction of sp³-hybridized carbons (Fsp3) is 1.00. The summed E-state index contributed by atoms with van der Waals surface area (Å²) in [6, 6.07) is 0.792. The maximum atomic E-state index is 6.00. The van der Waals surface area contributed by atoms with Crippen LogP contribution in [0.15, 0.2) is 0 Å². The average Bonchev–Trinajstić information content (AvgIpc) is 2.19. The summed E-state index contributed by atoms with van der Waals surface area (Å²) in [6.45, 7) is 13.4. The summed E-state index contributed by atoms with van der Waals surface area (Å²) >= 11 is 0. The van der Waals surface area contributed by atoms with E-state index >= 15 is 0 Å². The van der Waals surface area contributed by atoms with E-state index in [1.807, 2.05) is 0 Å². The third kappa shape index (κ3) is 3.46. The lowest BCUT2D eigenvalue weighted by molar-refractivity contribution is -0.151. The van der Waals surface area contributed by atoms with Gasteiger partial charge in [-0.25, -0.2) is 0 Å². The number of ether oxygens (including phenoxy) is 1. The number of nitrogens with zero attached hydrogens (tertiary/aromatic N) is 1. The summed E-state index contributed by atoms with van der Waals surface area (Å²) in [5, 5.41) is 3.58. The molecule has 0 aromatic heterocycles. The van der Waals surface area contributed by atoms with Gasteiger partial charge in [-0.3, -0.25) is 4.90 Å². The first-order chi connectivity index (χ1) is 8.52. The Bertz CT molecular complexity index is 267. The van der Waals surface area contributed by atoms with E-state index in [1.54, 1.807) is 0 Å². The summed E-state index contributed by atoms with van der Waals surface area (Å²) in [5.41, 5.74) is 0.0225. The molecule has 0 aromatic carbocycles. The van der Waals surface area contributed by atoms with Crippen LogP contribution < -0.4 is 5.32 Å². The fourth-order valence-electron chi connectivity index (χ4n) is 3.49. The molecular weight excluding hydrogens is 224 g/mol. The van der Waals surface area contributed by atoms with Crippen LogP contribution in [0.25, 0.3) is 0 Å². The summed E-state index contributed by atoms with van der Waals surface area (Å²) in [6.07, 6.45) is 4.38. The molecule has 0 aromatic rings. The van der Waals surface area contributed by atoms with Gasteiger partial charge < -0.3 is 10.1 Å². The molecule has 0 spiro atoms. The van der Waals surface area contributed by atoms with Crippen LogP contribution in [0.3, 0.4) is 0 Å². The Morgan fingerprint density at radius 3 is 2.67 bits per heavy atom. The molecule has 0 bridgehead atoms. The van der Waals surface area contributed by atoms with Gasteiger partial charge in [0.05, 0.1) is 11.7 Å². The van der Waals surface area contributed by atoms with Crippen LogP contribution in [0.4, 0.5) is 0 Å². The van der Waals surface area contributed by atoms with Gasteiger partial charge in [0.15, 0.2) is 0 Å². The highest BCUT2D eigenvalue weighted by Crippen LogP contribution is 2.35. The Hall–Kier alpha value is -0.120. The smallest absolute Gasteiger partial charge is 0.0757 e. The maximum absolute atomic E-state index is 6.00. The van der Waals surface area contributed by atoms with Crippen LogP contribution >= 0.6 is 0 Å². The highest BCUT2D eigenvalue weighted by atomic mass is 16.5. The zero-order valence-electron chi connectivity index (χ0n) is 12.5. The predicted octanol–water partition coefficient (Wildman–Crippen LogP) is 2.26. The van der Waals surface area contributed by atoms with E-state index in [0.717, 1.165) is 31.6 Å². The molecule has 1 aliphatic carbocycles. The third-order valence-corrected chi connectivity index (χ3v) is 4.28. The molecular formula is C15H30N2O. The highest BCUT2D eigenvalue weighted by molar-refractivity contribution is 4.94. The van der Waals surface area contributed by atoms with Gasteiger partial charge in [-0.1, -0.05) is 6.92 Å². The Morgan fingerprint density at radius 1 is 1.33 bits per heavy atom. The second-order valence-corrected chi connectivity index (χ2v) is 6.73. The molecule has 1 N–H and O–H groups in total. The van der Waals surface area contributed by atoms with Crippen LogP contribution in [-0.2, 0) is 4.74 Å². The molecule has 3 heteroatoms. The average molecular weight is 254 g/mol. The second-order valence-electron chi connectivity index (χ2n) is 6.73. The molecule has 1 aliphatic heterocycles. The van der Waals surface area contributed by atoms with Gasteiger partial charge in [-0.2, -0.15) is 0 Å². The minimum atomic E-state index is 0.0225. The SMILES string of the molecule is CCCNCC1CCC1N1CC(C)OC(C)(C)C1. The number of hydrogen-bond acceptors (Lipinski definition) is 3. The van der Waals surface area contributed by atoms with Crippen molar-refractivity contribution in [3.63, 3.8) is 0 Å². The number of hydrogen-bond donors (Lipinski definition) is 1. The van der Waals surface area contributed by atoms with Crippen LogP contribution in [0.5, 0.6) is 0 Å². The van der Waals surface area contributed by atoms with E-state index in [0.29, 0.717) is 6.10 Å². The standard InChI is InChI=1S/C15H30N2O/c1-5-8-16-9-13-6-7-14(13)17-10-12(2)18-15(3,4)11-17/h12-14,16H,5-11H2,1-4H3. The number of nitrogens with one attached hydrogen (secondary N) is 1. The minimum Gasteiger partial charge on any atom is -0.370 e. The molecule has 1 saturated carbocycles. The van der Waals surface area contributed by atoms with E-state index in [9.17, 15) is 0 Å². The largest absolute Gasteiger partial charge is 0.370 e. The van der Waals surface area contributed by atoms with Crippen molar-refractivity contribution < 1.29 is 4.74 Å². The Kier molecular flexibility index (Phi) is 4.68. The van der Waals surface area contributed by atoms with Crippen LogP contribution in [0.2, 0.25) is 0 Å². The topological polar surface area (TPSA) is 24.5 Å². The van der Waals surface area contributed by atoms with Crippen molar-refractivity contribution in [3.8, 4) is 0 Å². The van der Waals surface area contributed by atoms with Crippen molar-refractivity contribution in [1.82, 2.24) is 10.2 Å². The Labute approximate surface area is 112 Å². The molecule has 3 atom stereocenters. The Morgan fingerprint density at radius 2 is 2.11 bits per heavy atom. The van der Waals surface area contributed by atoms with Crippen molar-refractivity contribution in [2.24, 2.45) is 5.92 Å². The molecule has 2 rings (SSSR count). The van der Waals surface area contributed by atoms with E-state index in [1.165, 1.54) is 25.8 Å². The van der Waals surface area contributed by atoms with Gasteiger partial charge in [0, 0.05) is 19.1 Å². The number of rotatable bonds is 5. The van der Waals surface area contributed by atoms with E-state index in [-0.39, 0.29) is 5.60 Å². The maximum Gasteiger partial charge on any atom is 0.0757 e. The molecule has 0 amide bonds. The highest BCUT2D eigenvalue weighted by Gasteiger charge is 2.41. The summed E-state index contributed by atoms with van der Waals surface area (Å²) in [4.78, 5) is 2.68. The molecule has 18 heavy (non-hydrogen) atoms. The van der Waals surface area contributed by atoms with Crippen LogP contribution in [0.1, 0.15) is 47.0 Å². The van der Waals surface area contributed by atoms with Gasteiger partial charge in [-0.05, 0) is 59.0 Å². The van der Waals surface area contributed by atoms with Crippen molar-refractivity contribution in [2.75, 3.05) is 26.2 Å². The zero-order valence-corrected chi connectivity index (χ0v) is 12.5. The van der Waals surface area contributed by atoms with Gasteiger partial charge >= 0.3 is 0 Å². The molecule has 3 unspecified atom stereocenters. The van der Waals surface area contributed by atoms with Gasteiger partial charge in [0.1, 0.15) is 0 Å². The first-order valence-electron chi connectivity index (χ1n) is 7.64. The van der Waals surface area contributed by atoms with Gasteiger partial charge in [0.25, 0.3) is 0 Å². The van der Waals surface area contributed by atoms with E-state index < -0.39 is 0 Å². The van der Waals surface area contributed by atoms with Crippen molar-refractivity contribution in [3.05, 3.63) is 0 Å². The van der Waals surface area contributed by atoms with E-state index in [2.05, 4.69) is 37.9 Å². The monoisotopic (exact) mass is 254 g/mol. The van der Waals surface area contributed by atoms with E-state index in [4.69, 9.17) is 4.74 Å². The van der Waals surface area contributed by atoms with Gasteiger partial charge in [-0.15, -0.1) is 0 Å².